The highest BCUT2D eigenvalue weighted by molar-refractivity contribution is 9.10. The Morgan fingerprint density at radius 2 is 1.81 bits per heavy atom. The van der Waals surface area contributed by atoms with Crippen LogP contribution in [0.1, 0.15) is 17.2 Å². The number of nitrogens with zero attached hydrogens (tertiary/aromatic N) is 2. The van der Waals surface area contributed by atoms with E-state index in [-0.39, 0.29) is 16.5 Å². The Kier molecular flexibility index (Phi) is 5.11. The number of hydrogen-bond donors (Lipinski definition) is 1. The lowest BCUT2D eigenvalue weighted by Crippen LogP contribution is -2.29. The number of halogens is 2. The van der Waals surface area contributed by atoms with E-state index in [1.807, 2.05) is 6.07 Å². The first-order valence-electron chi connectivity index (χ1n) is 9.62. The number of carbonyl (C=O) groups excluding carboxylic acids is 2. The number of carbonyl (C=O) groups is 2. The zero-order valence-corrected chi connectivity index (χ0v) is 18.7. The molecule has 8 heteroatoms. The van der Waals surface area contributed by atoms with Crippen LogP contribution in [0.25, 0.3) is 16.0 Å². The lowest BCUT2D eigenvalue weighted by atomic mass is 9.95. The second-order valence-corrected chi connectivity index (χ2v) is 9.12. The molecule has 158 valence electrons. The number of aliphatic hydroxyl groups is 1. The van der Waals surface area contributed by atoms with Crippen molar-refractivity contribution in [3.63, 3.8) is 0 Å². The smallest absolute Gasteiger partial charge is 0.301 e. The highest BCUT2D eigenvalue weighted by Crippen LogP contribution is 2.44. The lowest BCUT2D eigenvalue weighted by Gasteiger charge is -2.23. The SMILES string of the molecule is O=C1C(=O)N(c2nc3ccc(F)cc3s2)C(c2cccc(Br)c2)/C1=C(\O)c1ccccc1. The zero-order valence-electron chi connectivity index (χ0n) is 16.3. The van der Waals surface area contributed by atoms with Gasteiger partial charge in [-0.3, -0.25) is 14.5 Å². The Hall–Kier alpha value is -3.36. The Labute approximate surface area is 194 Å². The molecule has 1 aliphatic heterocycles. The third-order valence-electron chi connectivity index (χ3n) is 5.20. The van der Waals surface area contributed by atoms with Gasteiger partial charge in [0.05, 0.1) is 21.8 Å². The summed E-state index contributed by atoms with van der Waals surface area (Å²) < 4.78 is 15.0. The van der Waals surface area contributed by atoms with Gasteiger partial charge in [0.2, 0.25) is 0 Å². The Bertz CT molecular complexity index is 1420. The molecule has 1 amide bonds. The van der Waals surface area contributed by atoms with Gasteiger partial charge in [0, 0.05) is 10.0 Å². The van der Waals surface area contributed by atoms with E-state index in [1.165, 1.54) is 23.1 Å². The highest BCUT2D eigenvalue weighted by atomic mass is 79.9. The molecule has 1 saturated heterocycles. The fraction of sp³-hybridized carbons (Fsp3) is 0.0417. The van der Waals surface area contributed by atoms with E-state index in [1.54, 1.807) is 48.5 Å². The van der Waals surface area contributed by atoms with E-state index < -0.39 is 23.5 Å². The summed E-state index contributed by atoms with van der Waals surface area (Å²) >= 11 is 4.54. The minimum Gasteiger partial charge on any atom is -0.507 e. The van der Waals surface area contributed by atoms with Gasteiger partial charge in [0.25, 0.3) is 5.78 Å². The van der Waals surface area contributed by atoms with Gasteiger partial charge in [-0.05, 0) is 35.9 Å². The number of amides is 1. The monoisotopic (exact) mass is 508 g/mol. The van der Waals surface area contributed by atoms with Gasteiger partial charge in [-0.25, -0.2) is 9.37 Å². The quantitative estimate of drug-likeness (QED) is 0.215. The third kappa shape index (κ3) is 3.41. The molecule has 0 radical (unpaired) electrons. The van der Waals surface area contributed by atoms with Crippen LogP contribution in [-0.2, 0) is 9.59 Å². The minimum absolute atomic E-state index is 0.0234. The van der Waals surface area contributed by atoms with Gasteiger partial charge in [-0.15, -0.1) is 0 Å². The molecule has 1 unspecified atom stereocenters. The molecule has 3 aromatic carbocycles. The Balaban J connectivity index is 1.75. The number of hydrogen-bond acceptors (Lipinski definition) is 5. The van der Waals surface area contributed by atoms with Gasteiger partial charge in [0.1, 0.15) is 11.6 Å². The van der Waals surface area contributed by atoms with Gasteiger partial charge < -0.3 is 5.11 Å². The average molecular weight is 509 g/mol. The summed E-state index contributed by atoms with van der Waals surface area (Å²) in [6, 6.07) is 19.0. The molecular formula is C24H14BrFN2O3S. The largest absolute Gasteiger partial charge is 0.507 e. The molecule has 0 saturated carbocycles. The average Bonchev–Trinajstić information content (AvgIpc) is 3.32. The van der Waals surface area contributed by atoms with Crippen LogP contribution in [0, 0.1) is 5.82 Å². The molecule has 0 aliphatic carbocycles. The maximum atomic E-state index is 13.7. The summed E-state index contributed by atoms with van der Waals surface area (Å²) in [7, 11) is 0. The predicted octanol–water partition coefficient (Wildman–Crippen LogP) is 5.82. The van der Waals surface area contributed by atoms with Gasteiger partial charge in [-0.1, -0.05) is 69.7 Å². The maximum absolute atomic E-state index is 13.7. The molecule has 2 heterocycles. The van der Waals surface area contributed by atoms with Gasteiger partial charge in [-0.2, -0.15) is 0 Å². The highest BCUT2D eigenvalue weighted by Gasteiger charge is 2.48. The molecule has 5 nitrogen and oxygen atoms in total. The van der Waals surface area contributed by atoms with Crippen LogP contribution in [0.4, 0.5) is 9.52 Å². The molecule has 32 heavy (non-hydrogen) atoms. The molecule has 0 bridgehead atoms. The van der Waals surface area contributed by atoms with Gasteiger partial charge >= 0.3 is 5.91 Å². The maximum Gasteiger partial charge on any atom is 0.301 e. The Morgan fingerprint density at radius 1 is 1.03 bits per heavy atom. The van der Waals surface area contributed by atoms with E-state index in [9.17, 15) is 19.1 Å². The zero-order chi connectivity index (χ0) is 22.4. The number of Topliss-reactive ketones (excluding diaryl/α,β-unsaturated/α-hetero) is 1. The summed E-state index contributed by atoms with van der Waals surface area (Å²) in [5, 5.41) is 11.3. The van der Waals surface area contributed by atoms with Crippen molar-refractivity contribution in [2.24, 2.45) is 0 Å². The molecular weight excluding hydrogens is 495 g/mol. The van der Waals surface area contributed by atoms with Crippen LogP contribution < -0.4 is 4.90 Å². The second kappa shape index (κ2) is 7.96. The van der Waals surface area contributed by atoms with Crippen molar-refractivity contribution in [2.45, 2.75) is 6.04 Å². The van der Waals surface area contributed by atoms with Gasteiger partial charge in [0.15, 0.2) is 5.13 Å². The lowest BCUT2D eigenvalue weighted by molar-refractivity contribution is -0.132. The molecule has 4 aromatic rings. The number of aliphatic hydroxyl groups excluding tert-OH is 1. The number of benzene rings is 3. The first-order valence-corrected chi connectivity index (χ1v) is 11.2. The van der Waals surface area contributed by atoms with Crippen LogP contribution in [0.3, 0.4) is 0 Å². The molecule has 1 aromatic heterocycles. The second-order valence-electron chi connectivity index (χ2n) is 7.20. The topological polar surface area (TPSA) is 70.5 Å². The number of ketones is 1. The van der Waals surface area contributed by atoms with Crippen molar-refractivity contribution in [2.75, 3.05) is 4.90 Å². The molecule has 1 atom stereocenters. The first-order chi connectivity index (χ1) is 15.4. The van der Waals surface area contributed by atoms with Crippen molar-refractivity contribution in [3.05, 3.63) is 99.8 Å². The number of anilines is 1. The number of fused-ring (bicyclic) bond motifs is 1. The standard InChI is InChI=1S/C24H14BrFN2O3S/c25-15-8-4-7-14(11-15)20-19(21(29)13-5-2-1-3-6-13)22(30)23(31)28(20)24-27-17-10-9-16(26)12-18(17)32-24/h1-12,20,29H/b21-19+. The van der Waals surface area contributed by atoms with E-state index in [2.05, 4.69) is 20.9 Å². The number of thiazole rings is 1. The fourth-order valence-corrected chi connectivity index (χ4v) is 5.20. The van der Waals surface area contributed by atoms with Crippen LogP contribution in [0.5, 0.6) is 0 Å². The van der Waals surface area contributed by atoms with E-state index in [0.717, 1.165) is 15.8 Å². The molecule has 0 spiro atoms. The van der Waals surface area contributed by atoms with E-state index in [0.29, 0.717) is 21.3 Å². The fourth-order valence-electron chi connectivity index (χ4n) is 3.76. The van der Waals surface area contributed by atoms with Crippen LogP contribution in [0.2, 0.25) is 0 Å². The summed E-state index contributed by atoms with van der Waals surface area (Å²) in [4.78, 5) is 32.1. The van der Waals surface area contributed by atoms with Crippen molar-refractivity contribution >= 4 is 60.1 Å². The van der Waals surface area contributed by atoms with Crippen molar-refractivity contribution in [1.82, 2.24) is 4.98 Å². The molecule has 1 N–H and O–H groups in total. The predicted molar refractivity (Wildman–Crippen MR) is 125 cm³/mol. The molecule has 1 aliphatic rings. The summed E-state index contributed by atoms with van der Waals surface area (Å²) in [5.41, 5.74) is 1.55. The van der Waals surface area contributed by atoms with Crippen LogP contribution in [-0.4, -0.2) is 21.8 Å². The first kappa shape index (κ1) is 20.5. The van der Waals surface area contributed by atoms with Crippen molar-refractivity contribution in [1.29, 1.82) is 0 Å². The van der Waals surface area contributed by atoms with Crippen molar-refractivity contribution < 1.29 is 19.1 Å². The summed E-state index contributed by atoms with van der Waals surface area (Å²) in [6.45, 7) is 0. The summed E-state index contributed by atoms with van der Waals surface area (Å²) in [6.07, 6.45) is 0. The van der Waals surface area contributed by atoms with E-state index >= 15 is 0 Å². The number of rotatable bonds is 3. The number of aromatic nitrogens is 1. The normalized spacial score (nSPS) is 17.9. The minimum atomic E-state index is -0.891. The van der Waals surface area contributed by atoms with Crippen LogP contribution in [0.15, 0.2) is 82.8 Å². The summed E-state index contributed by atoms with van der Waals surface area (Å²) in [5.74, 6) is -2.28. The van der Waals surface area contributed by atoms with Crippen molar-refractivity contribution in [3.8, 4) is 0 Å². The third-order valence-corrected chi connectivity index (χ3v) is 6.71. The molecule has 5 rings (SSSR count). The Morgan fingerprint density at radius 3 is 2.56 bits per heavy atom. The van der Waals surface area contributed by atoms with Crippen LogP contribution >= 0.6 is 27.3 Å². The molecule has 1 fully saturated rings. The van der Waals surface area contributed by atoms with E-state index in [4.69, 9.17) is 0 Å².